The van der Waals surface area contributed by atoms with Crippen LogP contribution in [0.2, 0.25) is 0 Å². The Kier molecular flexibility index (Phi) is 11.4. The highest BCUT2D eigenvalue weighted by Gasteiger charge is 2.40. The van der Waals surface area contributed by atoms with Crippen molar-refractivity contribution in [2.45, 2.75) is 62.7 Å². The van der Waals surface area contributed by atoms with E-state index in [2.05, 4.69) is 26.6 Å². The second-order valence-electron chi connectivity index (χ2n) is 12.4. The molecule has 49 heavy (non-hydrogen) atoms. The van der Waals surface area contributed by atoms with E-state index in [4.69, 9.17) is 0 Å². The predicted molar refractivity (Wildman–Crippen MR) is 174 cm³/mol. The minimum Gasteiger partial charge on any atom is -0.508 e. The molecule has 2 aromatic rings. The lowest BCUT2D eigenvalue weighted by Gasteiger charge is -2.30. The fourth-order valence-corrected chi connectivity index (χ4v) is 6.40. The first kappa shape index (κ1) is 34.9. The van der Waals surface area contributed by atoms with Gasteiger partial charge >= 0.3 is 0 Å². The number of fused-ring (bicyclic) bond motifs is 2. The molecular weight excluding hydrogens is 634 g/mol. The fourth-order valence-electron chi connectivity index (χ4n) is 6.40. The quantitative estimate of drug-likeness (QED) is 0.224. The van der Waals surface area contributed by atoms with Crippen LogP contribution in [-0.4, -0.2) is 113 Å². The number of benzene rings is 2. The van der Waals surface area contributed by atoms with Crippen molar-refractivity contribution in [2.75, 3.05) is 32.7 Å². The predicted octanol–water partition coefficient (Wildman–Crippen LogP) is -1.51. The first-order valence-corrected chi connectivity index (χ1v) is 16.4. The molecule has 7 amide bonds. The molecule has 0 radical (unpaired) electrons. The monoisotopic (exact) mass is 675 g/mol. The Bertz CT molecular complexity index is 1570. The molecule has 0 unspecified atom stereocenters. The molecule has 260 valence electrons. The van der Waals surface area contributed by atoms with Crippen LogP contribution in [0, 0.1) is 0 Å². The number of aromatic hydroxyl groups is 1. The van der Waals surface area contributed by atoms with Crippen molar-refractivity contribution in [3.63, 3.8) is 0 Å². The number of amides is 7. The van der Waals surface area contributed by atoms with Crippen LogP contribution in [-0.2, 0) is 46.4 Å². The maximum Gasteiger partial charge on any atom is 0.246 e. The van der Waals surface area contributed by atoms with Crippen LogP contribution in [0.15, 0.2) is 54.6 Å². The number of hydrogen-bond acceptors (Lipinski definition) is 8. The molecular formula is C34H41N7O8. The Balaban J connectivity index is 1.38. The Hall–Kier alpha value is -5.47. The molecule has 0 bridgehead atoms. The summed E-state index contributed by atoms with van der Waals surface area (Å²) in [6.07, 6.45) is 1.96. The summed E-state index contributed by atoms with van der Waals surface area (Å²) < 4.78 is 0. The third-order valence-electron chi connectivity index (χ3n) is 8.92. The van der Waals surface area contributed by atoms with Crippen molar-refractivity contribution in [3.05, 3.63) is 65.7 Å². The van der Waals surface area contributed by atoms with Gasteiger partial charge in [-0.2, -0.15) is 0 Å². The van der Waals surface area contributed by atoms with Crippen LogP contribution in [0.4, 0.5) is 0 Å². The third kappa shape index (κ3) is 9.12. The van der Waals surface area contributed by atoms with Gasteiger partial charge < -0.3 is 41.5 Å². The third-order valence-corrected chi connectivity index (χ3v) is 8.92. The van der Waals surface area contributed by atoms with Crippen LogP contribution in [0.3, 0.4) is 0 Å². The average molecular weight is 676 g/mol. The van der Waals surface area contributed by atoms with Gasteiger partial charge in [0.1, 0.15) is 29.9 Å². The molecule has 15 heteroatoms. The summed E-state index contributed by atoms with van der Waals surface area (Å²) in [5.41, 5.74) is 1.40. The number of carbonyl (C=O) groups excluding carboxylic acids is 7. The van der Waals surface area contributed by atoms with Gasteiger partial charge in [-0.3, -0.25) is 33.6 Å². The molecule has 3 heterocycles. The van der Waals surface area contributed by atoms with Crippen LogP contribution in [0.25, 0.3) is 0 Å². The van der Waals surface area contributed by atoms with Crippen molar-refractivity contribution in [3.8, 4) is 5.75 Å². The summed E-state index contributed by atoms with van der Waals surface area (Å²) in [6.45, 7) is -0.834. The highest BCUT2D eigenvalue weighted by atomic mass is 16.3. The normalized spacial score (nSPS) is 24.9. The molecule has 3 fully saturated rings. The molecule has 0 saturated carbocycles. The van der Waals surface area contributed by atoms with Gasteiger partial charge in [-0.25, -0.2) is 0 Å². The van der Waals surface area contributed by atoms with E-state index in [9.17, 15) is 38.7 Å². The van der Waals surface area contributed by atoms with E-state index in [1.807, 2.05) is 30.3 Å². The summed E-state index contributed by atoms with van der Waals surface area (Å²) in [7, 11) is 0. The maximum absolute atomic E-state index is 14.0. The van der Waals surface area contributed by atoms with Gasteiger partial charge in [0.25, 0.3) is 0 Å². The number of hydrogen-bond donors (Lipinski definition) is 6. The molecule has 4 atom stereocenters. The van der Waals surface area contributed by atoms with Gasteiger partial charge in [-0.1, -0.05) is 42.5 Å². The second-order valence-corrected chi connectivity index (χ2v) is 12.4. The van der Waals surface area contributed by atoms with E-state index in [0.29, 0.717) is 31.2 Å². The maximum atomic E-state index is 14.0. The number of carbonyl (C=O) groups is 7. The molecule has 0 aliphatic carbocycles. The second kappa shape index (κ2) is 16.1. The lowest BCUT2D eigenvalue weighted by Crippen LogP contribution is -2.57. The Morgan fingerprint density at radius 3 is 1.90 bits per heavy atom. The van der Waals surface area contributed by atoms with Crippen LogP contribution >= 0.6 is 0 Å². The van der Waals surface area contributed by atoms with Gasteiger partial charge in [0.05, 0.1) is 19.6 Å². The first-order valence-electron chi connectivity index (χ1n) is 16.4. The number of nitrogens with one attached hydrogen (secondary N) is 5. The van der Waals surface area contributed by atoms with E-state index in [1.165, 1.54) is 21.9 Å². The lowest BCUT2D eigenvalue weighted by atomic mass is 10.0. The highest BCUT2D eigenvalue weighted by molar-refractivity contribution is 5.97. The standard InChI is InChI=1S/C34H41N7O8/c42-23-12-10-22(11-13-23)16-24-31(46)36-18-28(43)35-20-30(45)40-14-4-9-27(40)33(48)39-25(17-21-6-2-1-3-7-21)34(49)41-15-5-8-26(41)32(47)37-19-29(44)38-24/h1-3,6-7,10-13,24-27,42H,4-5,8-9,14-20H2,(H,35,43)(H,36,46)(H,37,47)(H,38,44)(H,39,48)/t24-,25-,26-,27+/m1/s1. The van der Waals surface area contributed by atoms with E-state index in [1.54, 1.807) is 12.1 Å². The van der Waals surface area contributed by atoms with Crippen molar-refractivity contribution in [2.24, 2.45) is 0 Å². The van der Waals surface area contributed by atoms with Gasteiger partial charge in [-0.15, -0.1) is 0 Å². The minimum atomic E-state index is -1.15. The van der Waals surface area contributed by atoms with Crippen molar-refractivity contribution in [1.82, 2.24) is 36.4 Å². The number of phenols is 1. The van der Waals surface area contributed by atoms with Gasteiger partial charge in [-0.05, 0) is 48.9 Å². The van der Waals surface area contributed by atoms with Crippen LogP contribution < -0.4 is 26.6 Å². The molecule has 15 nitrogen and oxygen atoms in total. The molecule has 3 saturated heterocycles. The first-order chi connectivity index (χ1) is 23.6. The Morgan fingerprint density at radius 2 is 1.18 bits per heavy atom. The molecule has 0 aromatic heterocycles. The molecule has 0 spiro atoms. The highest BCUT2D eigenvalue weighted by Crippen LogP contribution is 2.22. The molecule has 2 aromatic carbocycles. The van der Waals surface area contributed by atoms with Gasteiger partial charge in [0.15, 0.2) is 0 Å². The number of rotatable bonds is 4. The lowest BCUT2D eigenvalue weighted by molar-refractivity contribution is -0.143. The SMILES string of the molecule is O=C1CNC(=O)[C@@H](Cc2ccc(O)cc2)NC(=O)CNC(=O)[C@H]2CCCN2C(=O)[C@@H](Cc2ccccc2)NC(=O)[C@@H]2CCCN2C(=O)CN1. The smallest absolute Gasteiger partial charge is 0.246 e. The van der Waals surface area contributed by atoms with E-state index < -0.39 is 85.2 Å². The van der Waals surface area contributed by atoms with Crippen LogP contribution in [0.5, 0.6) is 5.75 Å². The summed E-state index contributed by atoms with van der Waals surface area (Å²) >= 11 is 0. The summed E-state index contributed by atoms with van der Waals surface area (Å²) in [5.74, 6) is -4.04. The summed E-state index contributed by atoms with van der Waals surface area (Å²) in [5, 5.41) is 22.6. The van der Waals surface area contributed by atoms with Crippen molar-refractivity contribution in [1.29, 1.82) is 0 Å². The zero-order chi connectivity index (χ0) is 34.9. The van der Waals surface area contributed by atoms with Gasteiger partial charge in [0.2, 0.25) is 41.4 Å². The van der Waals surface area contributed by atoms with Crippen molar-refractivity contribution < 1.29 is 38.7 Å². The van der Waals surface area contributed by atoms with Gasteiger partial charge in [0, 0.05) is 25.9 Å². The summed E-state index contributed by atoms with van der Waals surface area (Å²) in [6, 6.07) is 11.2. The molecule has 6 N–H and O–H groups in total. The molecule has 3 aliphatic heterocycles. The largest absolute Gasteiger partial charge is 0.508 e. The average Bonchev–Trinajstić information content (AvgIpc) is 3.80. The fraction of sp³-hybridized carbons (Fsp3) is 0.441. The van der Waals surface area contributed by atoms with Crippen LogP contribution in [0.1, 0.15) is 36.8 Å². The zero-order valence-electron chi connectivity index (χ0n) is 27.0. The van der Waals surface area contributed by atoms with E-state index in [0.717, 1.165) is 5.56 Å². The molecule has 3 aliphatic rings. The van der Waals surface area contributed by atoms with E-state index in [-0.39, 0.29) is 31.7 Å². The summed E-state index contributed by atoms with van der Waals surface area (Å²) in [4.78, 5) is 95.7. The Morgan fingerprint density at radius 1 is 0.592 bits per heavy atom. The topological polar surface area (TPSA) is 206 Å². The number of phenolic OH excluding ortho intramolecular Hbond substituents is 1. The Labute approximate surface area is 283 Å². The minimum absolute atomic E-state index is 0.0109. The zero-order valence-corrected chi connectivity index (χ0v) is 27.0. The number of nitrogens with zero attached hydrogens (tertiary/aromatic N) is 2. The van der Waals surface area contributed by atoms with Crippen molar-refractivity contribution >= 4 is 41.4 Å². The molecule has 5 rings (SSSR count). The van der Waals surface area contributed by atoms with E-state index >= 15 is 0 Å².